The lowest BCUT2D eigenvalue weighted by Gasteiger charge is -2.23. The van der Waals surface area contributed by atoms with E-state index < -0.39 is 24.7 Å². The van der Waals surface area contributed by atoms with Crippen molar-refractivity contribution in [2.45, 2.75) is 26.1 Å². The van der Waals surface area contributed by atoms with Crippen molar-refractivity contribution in [3.05, 3.63) is 71.8 Å². The molecule has 1 aliphatic heterocycles. The van der Waals surface area contributed by atoms with Gasteiger partial charge in [0.15, 0.2) is 6.54 Å². The number of nitrogens with zero attached hydrogens (tertiary/aromatic N) is 2. The van der Waals surface area contributed by atoms with Crippen molar-refractivity contribution in [1.82, 2.24) is 9.96 Å². The summed E-state index contributed by atoms with van der Waals surface area (Å²) in [4.78, 5) is 43.6. The van der Waals surface area contributed by atoms with Gasteiger partial charge in [0.05, 0.1) is 0 Å². The first kappa shape index (κ1) is 21.2. The molecule has 0 aromatic heterocycles. The Balaban J connectivity index is 1.57. The van der Waals surface area contributed by atoms with Crippen LogP contribution in [0.1, 0.15) is 24.0 Å². The van der Waals surface area contributed by atoms with Crippen LogP contribution < -0.4 is 0 Å². The van der Waals surface area contributed by atoms with Gasteiger partial charge in [0.25, 0.3) is 0 Å². The van der Waals surface area contributed by atoms with Crippen LogP contribution in [0, 0.1) is 0 Å². The highest BCUT2D eigenvalue weighted by atomic mass is 16.8. The fourth-order valence-corrected chi connectivity index (χ4v) is 2.88. The number of hydroxylamine groups is 2. The van der Waals surface area contributed by atoms with Crippen LogP contribution >= 0.6 is 0 Å². The SMILES string of the molecule is O=C(CN(OC(=O)N1CCCC1)C(=O)OCc1ccccc1)OCc1ccccc1. The smallest absolute Gasteiger partial charge is 0.444 e. The molecule has 158 valence electrons. The summed E-state index contributed by atoms with van der Waals surface area (Å²) in [7, 11) is 0. The van der Waals surface area contributed by atoms with E-state index in [0.29, 0.717) is 18.2 Å². The van der Waals surface area contributed by atoms with Crippen molar-refractivity contribution < 1.29 is 28.7 Å². The van der Waals surface area contributed by atoms with Crippen molar-refractivity contribution in [1.29, 1.82) is 0 Å². The van der Waals surface area contributed by atoms with Gasteiger partial charge in [-0.05, 0) is 24.0 Å². The second-order valence-corrected chi connectivity index (χ2v) is 6.77. The molecular formula is C22H24N2O6. The zero-order valence-corrected chi connectivity index (χ0v) is 16.6. The molecule has 1 heterocycles. The molecule has 2 aromatic carbocycles. The minimum Gasteiger partial charge on any atom is -0.459 e. The first-order chi connectivity index (χ1) is 14.6. The van der Waals surface area contributed by atoms with Crippen LogP contribution in [-0.2, 0) is 32.3 Å². The predicted octanol–water partition coefficient (Wildman–Crippen LogP) is 3.52. The molecule has 2 aromatic rings. The molecular weight excluding hydrogens is 388 g/mol. The van der Waals surface area contributed by atoms with E-state index in [1.165, 1.54) is 4.90 Å². The summed E-state index contributed by atoms with van der Waals surface area (Å²) in [6, 6.07) is 18.2. The zero-order valence-electron chi connectivity index (χ0n) is 16.6. The second kappa shape index (κ2) is 10.8. The van der Waals surface area contributed by atoms with Gasteiger partial charge in [-0.15, -0.1) is 5.06 Å². The van der Waals surface area contributed by atoms with E-state index in [1.807, 2.05) is 48.5 Å². The molecule has 30 heavy (non-hydrogen) atoms. The average molecular weight is 412 g/mol. The average Bonchev–Trinajstić information content (AvgIpc) is 3.32. The number of hydrogen-bond acceptors (Lipinski definition) is 6. The lowest BCUT2D eigenvalue weighted by molar-refractivity contribution is -0.157. The molecule has 0 unspecified atom stereocenters. The van der Waals surface area contributed by atoms with Crippen LogP contribution in [-0.4, -0.2) is 47.8 Å². The third-order valence-corrected chi connectivity index (χ3v) is 4.48. The first-order valence-electron chi connectivity index (χ1n) is 9.76. The number of carbonyl (C=O) groups excluding carboxylic acids is 3. The van der Waals surface area contributed by atoms with E-state index in [9.17, 15) is 14.4 Å². The van der Waals surface area contributed by atoms with Crippen LogP contribution in [0.25, 0.3) is 0 Å². The summed E-state index contributed by atoms with van der Waals surface area (Å²) in [5, 5.41) is 0.608. The molecule has 8 heteroatoms. The van der Waals surface area contributed by atoms with Gasteiger partial charge in [0.1, 0.15) is 13.2 Å². The second-order valence-electron chi connectivity index (χ2n) is 6.77. The maximum atomic E-state index is 12.5. The molecule has 0 aliphatic carbocycles. The van der Waals surface area contributed by atoms with Gasteiger partial charge < -0.3 is 19.2 Å². The number of amides is 2. The Bertz CT molecular complexity index is 837. The maximum absolute atomic E-state index is 12.5. The van der Waals surface area contributed by atoms with Gasteiger partial charge >= 0.3 is 18.2 Å². The Morgan fingerprint density at radius 2 is 1.33 bits per heavy atom. The lowest BCUT2D eigenvalue weighted by Crippen LogP contribution is -2.42. The van der Waals surface area contributed by atoms with Crippen LogP contribution in [0.4, 0.5) is 9.59 Å². The molecule has 1 fully saturated rings. The van der Waals surface area contributed by atoms with E-state index >= 15 is 0 Å². The molecule has 0 saturated carbocycles. The summed E-state index contributed by atoms with van der Waals surface area (Å²) < 4.78 is 10.4. The van der Waals surface area contributed by atoms with E-state index in [-0.39, 0.29) is 13.2 Å². The standard InChI is InChI=1S/C22H24N2O6/c25-20(28-16-18-9-3-1-4-10-18)15-24(30-21(26)23-13-7-8-14-23)22(27)29-17-19-11-5-2-6-12-19/h1-6,9-12H,7-8,13-17H2. The summed E-state index contributed by atoms with van der Waals surface area (Å²) >= 11 is 0. The molecule has 0 N–H and O–H groups in total. The van der Waals surface area contributed by atoms with Crippen molar-refractivity contribution in [2.24, 2.45) is 0 Å². The molecule has 0 radical (unpaired) electrons. The van der Waals surface area contributed by atoms with Crippen LogP contribution in [0.5, 0.6) is 0 Å². The molecule has 0 atom stereocenters. The number of esters is 1. The third kappa shape index (κ3) is 6.51. The van der Waals surface area contributed by atoms with Gasteiger partial charge in [-0.1, -0.05) is 60.7 Å². The van der Waals surface area contributed by atoms with Gasteiger partial charge in [0.2, 0.25) is 0 Å². The van der Waals surface area contributed by atoms with Gasteiger partial charge in [-0.2, -0.15) is 0 Å². The Hall–Kier alpha value is -3.55. The highest BCUT2D eigenvalue weighted by molar-refractivity contribution is 5.79. The lowest BCUT2D eigenvalue weighted by atomic mass is 10.2. The number of benzene rings is 2. The number of hydrogen-bond donors (Lipinski definition) is 0. The van der Waals surface area contributed by atoms with Crippen LogP contribution in [0.15, 0.2) is 60.7 Å². The Labute approximate surface area is 174 Å². The van der Waals surface area contributed by atoms with Crippen molar-refractivity contribution >= 4 is 18.2 Å². The Morgan fingerprint density at radius 3 is 1.90 bits per heavy atom. The van der Waals surface area contributed by atoms with Gasteiger partial charge in [-0.3, -0.25) is 0 Å². The van der Waals surface area contributed by atoms with Crippen molar-refractivity contribution in [3.8, 4) is 0 Å². The van der Waals surface area contributed by atoms with E-state index in [2.05, 4.69) is 0 Å². The summed E-state index contributed by atoms with van der Waals surface area (Å²) in [6.45, 7) is 0.553. The van der Waals surface area contributed by atoms with E-state index in [1.54, 1.807) is 12.1 Å². The molecule has 8 nitrogen and oxygen atoms in total. The number of ether oxygens (including phenoxy) is 2. The van der Waals surface area contributed by atoms with Crippen LogP contribution in [0.2, 0.25) is 0 Å². The van der Waals surface area contributed by atoms with E-state index in [0.717, 1.165) is 24.0 Å². The van der Waals surface area contributed by atoms with Crippen LogP contribution in [0.3, 0.4) is 0 Å². The molecule has 1 saturated heterocycles. The van der Waals surface area contributed by atoms with Gasteiger partial charge in [-0.25, -0.2) is 14.4 Å². The minimum absolute atomic E-state index is 0.0174. The highest BCUT2D eigenvalue weighted by Crippen LogP contribution is 2.12. The van der Waals surface area contributed by atoms with E-state index in [4.69, 9.17) is 14.3 Å². The Morgan fingerprint density at radius 1 is 0.800 bits per heavy atom. The largest absolute Gasteiger partial charge is 0.459 e. The highest BCUT2D eigenvalue weighted by Gasteiger charge is 2.28. The maximum Gasteiger partial charge on any atom is 0.444 e. The molecule has 3 rings (SSSR count). The number of likely N-dealkylation sites (tertiary alicyclic amines) is 1. The quantitative estimate of drug-likeness (QED) is 0.533. The van der Waals surface area contributed by atoms with Gasteiger partial charge in [0, 0.05) is 13.1 Å². The minimum atomic E-state index is -0.942. The summed E-state index contributed by atoms with van der Waals surface area (Å²) in [5.74, 6) is -0.718. The Kier molecular flexibility index (Phi) is 7.65. The summed E-state index contributed by atoms with van der Waals surface area (Å²) in [6.07, 6.45) is 0.0994. The predicted molar refractivity (Wildman–Crippen MR) is 107 cm³/mol. The fraction of sp³-hybridized carbons (Fsp3) is 0.318. The first-order valence-corrected chi connectivity index (χ1v) is 9.76. The number of rotatable bonds is 6. The monoisotopic (exact) mass is 412 g/mol. The van der Waals surface area contributed by atoms with Crippen molar-refractivity contribution in [3.63, 3.8) is 0 Å². The zero-order chi connectivity index (χ0) is 21.2. The molecule has 0 spiro atoms. The van der Waals surface area contributed by atoms with Crippen molar-refractivity contribution in [2.75, 3.05) is 19.6 Å². The summed E-state index contributed by atoms with van der Waals surface area (Å²) in [5.41, 5.74) is 1.57. The topological polar surface area (TPSA) is 85.4 Å². The third-order valence-electron chi connectivity index (χ3n) is 4.48. The number of carbonyl (C=O) groups is 3. The molecule has 0 bridgehead atoms. The molecule has 1 aliphatic rings. The normalized spacial score (nSPS) is 12.9. The molecule has 2 amide bonds. The fourth-order valence-electron chi connectivity index (χ4n) is 2.88.